The van der Waals surface area contributed by atoms with Gasteiger partial charge in [-0.2, -0.15) is 0 Å². The largest absolute Gasteiger partial charge is 0.436 e. The number of oxazole rings is 1. The van der Waals surface area contributed by atoms with Gasteiger partial charge in [0.1, 0.15) is 5.52 Å². The maximum absolute atomic E-state index is 6.01. The molecule has 1 aromatic heterocycles. The number of rotatable bonds is 4. The van der Waals surface area contributed by atoms with Crippen LogP contribution in [-0.4, -0.2) is 17.1 Å². The number of benzene rings is 2. The van der Waals surface area contributed by atoms with Crippen molar-refractivity contribution in [2.45, 2.75) is 44.4 Å². The number of ether oxygens (including phenoxy) is 1. The van der Waals surface area contributed by atoms with Gasteiger partial charge in [-0.05, 0) is 55.5 Å². The summed E-state index contributed by atoms with van der Waals surface area (Å²) in [6.45, 7) is 0.630. The summed E-state index contributed by atoms with van der Waals surface area (Å²) in [6.07, 6.45) is 4.68. The van der Waals surface area contributed by atoms with E-state index in [0.717, 1.165) is 41.5 Å². The third-order valence-corrected chi connectivity index (χ3v) is 4.65. The summed E-state index contributed by atoms with van der Waals surface area (Å²) < 4.78 is 11.8. The fourth-order valence-corrected chi connectivity index (χ4v) is 3.29. The lowest BCUT2D eigenvalue weighted by Gasteiger charge is -2.26. The van der Waals surface area contributed by atoms with Crippen LogP contribution in [0, 0.1) is 0 Å². The van der Waals surface area contributed by atoms with E-state index >= 15 is 0 Å². The van der Waals surface area contributed by atoms with Gasteiger partial charge in [-0.15, -0.1) is 12.4 Å². The topological polar surface area (TPSA) is 61.3 Å². The fourth-order valence-electron chi connectivity index (χ4n) is 3.29. The molecule has 1 aliphatic carbocycles. The van der Waals surface area contributed by atoms with Crippen LogP contribution in [0.15, 0.2) is 52.9 Å². The van der Waals surface area contributed by atoms with E-state index in [1.807, 2.05) is 36.4 Å². The zero-order chi connectivity index (χ0) is 16.4. The highest BCUT2D eigenvalue weighted by atomic mass is 35.5. The summed E-state index contributed by atoms with van der Waals surface area (Å²) in [5, 5.41) is 0. The van der Waals surface area contributed by atoms with Crippen molar-refractivity contribution in [1.82, 2.24) is 4.98 Å². The average molecular weight is 359 g/mol. The van der Waals surface area contributed by atoms with Crippen LogP contribution < -0.4 is 5.73 Å². The standard InChI is InChI=1S/C20H22N2O2.ClH/c21-16-4-3-5-17(12-16)23-13-14-8-10-15(11-9-14)20-22-18-6-1-2-7-19(18)24-20;/h1-2,6-11,16-17H,3-5,12-13,21H2;1H/t16-,17-;/m0./s1. The van der Waals surface area contributed by atoms with Crippen LogP contribution in [0.3, 0.4) is 0 Å². The Morgan fingerprint density at radius 1 is 1.08 bits per heavy atom. The quantitative estimate of drug-likeness (QED) is 0.734. The molecule has 0 saturated heterocycles. The van der Waals surface area contributed by atoms with E-state index in [1.54, 1.807) is 0 Å². The lowest BCUT2D eigenvalue weighted by molar-refractivity contribution is 0.0123. The van der Waals surface area contributed by atoms with Crippen LogP contribution in [0.4, 0.5) is 0 Å². The molecule has 0 amide bonds. The van der Waals surface area contributed by atoms with E-state index in [9.17, 15) is 0 Å². The smallest absolute Gasteiger partial charge is 0.227 e. The molecule has 5 heteroatoms. The first kappa shape index (κ1) is 17.9. The van der Waals surface area contributed by atoms with E-state index in [1.165, 1.54) is 6.42 Å². The van der Waals surface area contributed by atoms with Crippen LogP contribution in [0.1, 0.15) is 31.2 Å². The van der Waals surface area contributed by atoms with Gasteiger partial charge in [-0.3, -0.25) is 0 Å². The predicted octanol–water partition coefficient (Wildman–Crippen LogP) is 4.70. The van der Waals surface area contributed by atoms with E-state index in [0.29, 0.717) is 24.6 Å². The van der Waals surface area contributed by atoms with Gasteiger partial charge in [-0.25, -0.2) is 4.98 Å². The van der Waals surface area contributed by atoms with Crippen LogP contribution in [-0.2, 0) is 11.3 Å². The Labute approximate surface area is 153 Å². The third-order valence-electron chi connectivity index (χ3n) is 4.65. The van der Waals surface area contributed by atoms with Gasteiger partial charge in [0.05, 0.1) is 12.7 Å². The Hall–Kier alpha value is -1.88. The van der Waals surface area contributed by atoms with Crippen LogP contribution in [0.2, 0.25) is 0 Å². The summed E-state index contributed by atoms with van der Waals surface area (Å²) in [5.41, 5.74) is 9.85. The Morgan fingerprint density at radius 2 is 1.88 bits per heavy atom. The molecule has 2 N–H and O–H groups in total. The van der Waals surface area contributed by atoms with Crippen LogP contribution in [0.5, 0.6) is 0 Å². The van der Waals surface area contributed by atoms with E-state index in [2.05, 4.69) is 17.1 Å². The first-order chi connectivity index (χ1) is 11.8. The van der Waals surface area contributed by atoms with Crippen LogP contribution >= 0.6 is 12.4 Å². The number of para-hydroxylation sites is 2. The number of fused-ring (bicyclic) bond motifs is 1. The minimum Gasteiger partial charge on any atom is -0.436 e. The van der Waals surface area contributed by atoms with Crippen molar-refractivity contribution < 1.29 is 9.15 Å². The maximum atomic E-state index is 6.01. The van der Waals surface area contributed by atoms with Crippen molar-refractivity contribution in [3.05, 3.63) is 54.1 Å². The molecule has 2 aromatic carbocycles. The molecule has 1 heterocycles. The van der Waals surface area contributed by atoms with Crippen LogP contribution in [0.25, 0.3) is 22.6 Å². The zero-order valence-electron chi connectivity index (χ0n) is 14.1. The van der Waals surface area contributed by atoms with Gasteiger partial charge in [0.2, 0.25) is 5.89 Å². The fraction of sp³-hybridized carbons (Fsp3) is 0.350. The van der Waals surface area contributed by atoms with Gasteiger partial charge in [0, 0.05) is 11.6 Å². The average Bonchev–Trinajstić information content (AvgIpc) is 3.05. The maximum Gasteiger partial charge on any atom is 0.227 e. The second-order valence-corrected chi connectivity index (χ2v) is 6.54. The first-order valence-corrected chi connectivity index (χ1v) is 8.60. The lowest BCUT2D eigenvalue weighted by Crippen LogP contribution is -2.32. The van der Waals surface area contributed by atoms with Crippen molar-refractivity contribution >= 4 is 23.5 Å². The van der Waals surface area contributed by atoms with Crippen molar-refractivity contribution in [2.75, 3.05) is 0 Å². The van der Waals surface area contributed by atoms with Crippen molar-refractivity contribution in [1.29, 1.82) is 0 Å². The second kappa shape index (κ2) is 8.00. The summed E-state index contributed by atoms with van der Waals surface area (Å²) in [6, 6.07) is 16.3. The Kier molecular flexibility index (Phi) is 5.74. The normalized spacial score (nSPS) is 20.4. The first-order valence-electron chi connectivity index (χ1n) is 8.60. The van der Waals surface area contributed by atoms with Gasteiger partial charge in [0.15, 0.2) is 5.58 Å². The van der Waals surface area contributed by atoms with Gasteiger partial charge in [-0.1, -0.05) is 24.3 Å². The number of halogens is 1. The monoisotopic (exact) mass is 358 g/mol. The number of hydrogen-bond donors (Lipinski definition) is 1. The second-order valence-electron chi connectivity index (χ2n) is 6.54. The molecule has 25 heavy (non-hydrogen) atoms. The molecule has 0 unspecified atom stereocenters. The molecule has 132 valence electrons. The molecule has 0 aliphatic heterocycles. The minimum absolute atomic E-state index is 0. The number of hydrogen-bond acceptors (Lipinski definition) is 4. The SMILES string of the molecule is Cl.N[C@H]1CCC[C@H](OCc2ccc(-c3nc4ccccc4o3)cc2)C1. The number of nitrogens with zero attached hydrogens (tertiary/aromatic N) is 1. The molecule has 1 aliphatic rings. The van der Waals surface area contributed by atoms with E-state index in [-0.39, 0.29) is 12.4 Å². The molecule has 0 bridgehead atoms. The molecule has 4 nitrogen and oxygen atoms in total. The Morgan fingerprint density at radius 3 is 2.64 bits per heavy atom. The number of aromatic nitrogens is 1. The van der Waals surface area contributed by atoms with Gasteiger partial charge < -0.3 is 14.9 Å². The number of nitrogens with two attached hydrogens (primary N) is 1. The van der Waals surface area contributed by atoms with E-state index in [4.69, 9.17) is 14.9 Å². The highest BCUT2D eigenvalue weighted by Gasteiger charge is 2.19. The van der Waals surface area contributed by atoms with Crippen molar-refractivity contribution in [3.8, 4) is 11.5 Å². The molecule has 1 saturated carbocycles. The molecule has 3 aromatic rings. The highest BCUT2D eigenvalue weighted by Crippen LogP contribution is 2.25. The third kappa shape index (κ3) is 4.21. The molecular weight excluding hydrogens is 336 g/mol. The van der Waals surface area contributed by atoms with Crippen molar-refractivity contribution in [2.24, 2.45) is 5.73 Å². The lowest BCUT2D eigenvalue weighted by atomic mass is 9.93. The molecule has 2 atom stereocenters. The van der Waals surface area contributed by atoms with Gasteiger partial charge >= 0.3 is 0 Å². The summed E-state index contributed by atoms with van der Waals surface area (Å²) in [5.74, 6) is 0.655. The van der Waals surface area contributed by atoms with Gasteiger partial charge in [0.25, 0.3) is 0 Å². The summed E-state index contributed by atoms with van der Waals surface area (Å²) in [7, 11) is 0. The molecule has 0 spiro atoms. The minimum atomic E-state index is 0. The summed E-state index contributed by atoms with van der Waals surface area (Å²) >= 11 is 0. The van der Waals surface area contributed by atoms with Crippen molar-refractivity contribution in [3.63, 3.8) is 0 Å². The molecule has 1 fully saturated rings. The highest BCUT2D eigenvalue weighted by molar-refractivity contribution is 5.85. The zero-order valence-corrected chi connectivity index (χ0v) is 14.9. The Balaban J connectivity index is 0.00000182. The summed E-state index contributed by atoms with van der Waals surface area (Å²) in [4.78, 5) is 4.53. The molecular formula is C20H23ClN2O2. The predicted molar refractivity (Wildman–Crippen MR) is 102 cm³/mol. The van der Waals surface area contributed by atoms with E-state index < -0.39 is 0 Å². The Bertz CT molecular complexity index is 783. The molecule has 0 radical (unpaired) electrons. The molecule has 4 rings (SSSR count).